The maximum atomic E-state index is 13.0. The van der Waals surface area contributed by atoms with Gasteiger partial charge in [-0.15, -0.1) is 0 Å². The third kappa shape index (κ3) is 13.8. The first-order valence-electron chi connectivity index (χ1n) is 17.8. The summed E-state index contributed by atoms with van der Waals surface area (Å²) in [6.07, 6.45) is -4.42. The number of pyridine rings is 1. The van der Waals surface area contributed by atoms with Gasteiger partial charge in [-0.05, 0) is 37.0 Å². The van der Waals surface area contributed by atoms with E-state index in [0.717, 1.165) is 30.9 Å². The number of benzene rings is 1. The van der Waals surface area contributed by atoms with E-state index in [0.29, 0.717) is 32.5 Å². The number of carbonyl (C=O) groups is 3. The number of nitrogens with zero attached hydrogens (tertiary/aromatic N) is 1. The topological polar surface area (TPSA) is 187 Å². The van der Waals surface area contributed by atoms with Crippen LogP contribution in [0.3, 0.4) is 0 Å². The molecule has 4 rings (SSSR count). The zero-order valence-electron chi connectivity index (χ0n) is 29.5. The number of halogens is 3. The molecule has 2 aliphatic rings. The standard InChI is InChI=1S/C36H49F3N4O10/c37-36(38,39)26-12-8-13-27(42-26)43-31-32(47)33(48)35(24-52-34(31)53-35)23-50-19-7-2-1-6-17-40-29(45)16-20-49-21-18-41-28(44)14-9-15-30(46)51-22-25-10-4-3-5-11-25/h3-5,8,10-13,31-34,47-48H,1-2,6-7,9,14-24H2,(H,40,45)(H,41,44)(H,42,43)/t31-,32-,33-,34+,35+/m1/s1. The average Bonchev–Trinajstić information content (AvgIpc) is 3.54. The minimum atomic E-state index is -4.64. The van der Waals surface area contributed by atoms with Crippen LogP contribution in [-0.2, 0) is 50.9 Å². The molecule has 294 valence electrons. The van der Waals surface area contributed by atoms with E-state index in [2.05, 4.69) is 20.9 Å². The van der Waals surface area contributed by atoms with Crippen LogP contribution in [0.4, 0.5) is 19.0 Å². The van der Waals surface area contributed by atoms with E-state index in [9.17, 15) is 37.8 Å². The van der Waals surface area contributed by atoms with E-state index < -0.39 is 42.0 Å². The van der Waals surface area contributed by atoms with Gasteiger partial charge in [0.25, 0.3) is 0 Å². The van der Waals surface area contributed by atoms with Gasteiger partial charge in [-0.3, -0.25) is 14.4 Å². The maximum absolute atomic E-state index is 13.0. The predicted octanol–water partition coefficient (Wildman–Crippen LogP) is 2.86. The Labute approximate surface area is 306 Å². The molecule has 17 heteroatoms. The summed E-state index contributed by atoms with van der Waals surface area (Å²) < 4.78 is 67.0. The summed E-state index contributed by atoms with van der Waals surface area (Å²) in [6, 6.07) is 11.6. The van der Waals surface area contributed by atoms with E-state index in [4.69, 9.17) is 23.7 Å². The fourth-order valence-electron chi connectivity index (χ4n) is 5.75. The van der Waals surface area contributed by atoms with Crippen molar-refractivity contribution in [3.8, 4) is 0 Å². The normalized spacial score (nSPS) is 22.3. The Balaban J connectivity index is 0.949. The smallest absolute Gasteiger partial charge is 0.433 e. The van der Waals surface area contributed by atoms with Crippen molar-refractivity contribution in [2.75, 3.05) is 51.4 Å². The van der Waals surface area contributed by atoms with Gasteiger partial charge in [0, 0.05) is 39.0 Å². The van der Waals surface area contributed by atoms with Crippen molar-refractivity contribution in [3.05, 3.63) is 59.8 Å². The Bertz CT molecular complexity index is 1440. The lowest BCUT2D eigenvalue weighted by molar-refractivity contribution is -0.229. The van der Waals surface area contributed by atoms with Gasteiger partial charge in [-0.25, -0.2) is 4.98 Å². The van der Waals surface area contributed by atoms with Gasteiger partial charge in [-0.2, -0.15) is 13.2 Å². The molecule has 2 fully saturated rings. The first-order chi connectivity index (χ1) is 25.5. The van der Waals surface area contributed by atoms with Crippen LogP contribution in [0.1, 0.15) is 62.6 Å². The Morgan fingerprint density at radius 3 is 2.40 bits per heavy atom. The van der Waals surface area contributed by atoms with Crippen LogP contribution in [0.2, 0.25) is 0 Å². The fourth-order valence-corrected chi connectivity index (χ4v) is 5.75. The Morgan fingerprint density at radius 1 is 0.849 bits per heavy atom. The number of aromatic nitrogens is 1. The molecule has 2 saturated heterocycles. The number of hydrogen-bond donors (Lipinski definition) is 5. The highest BCUT2D eigenvalue weighted by Gasteiger charge is 2.59. The summed E-state index contributed by atoms with van der Waals surface area (Å²) in [5.74, 6) is -0.817. The minimum absolute atomic E-state index is 0.0470. The Hall–Kier alpha value is -3.87. The van der Waals surface area contributed by atoms with Crippen molar-refractivity contribution in [3.63, 3.8) is 0 Å². The van der Waals surface area contributed by atoms with Crippen LogP contribution in [0.5, 0.6) is 0 Å². The van der Waals surface area contributed by atoms with Crippen LogP contribution in [0, 0.1) is 0 Å². The van der Waals surface area contributed by atoms with Crippen LogP contribution >= 0.6 is 0 Å². The molecule has 2 aromatic rings. The lowest BCUT2D eigenvalue weighted by Crippen LogP contribution is -2.64. The largest absolute Gasteiger partial charge is 0.461 e. The molecule has 2 aliphatic heterocycles. The molecule has 2 bridgehead atoms. The molecule has 0 unspecified atom stereocenters. The van der Waals surface area contributed by atoms with Crippen molar-refractivity contribution in [2.24, 2.45) is 0 Å². The highest BCUT2D eigenvalue weighted by atomic mass is 19.4. The number of fused-ring (bicyclic) bond motifs is 2. The zero-order chi connectivity index (χ0) is 38.1. The highest BCUT2D eigenvalue weighted by Crippen LogP contribution is 2.38. The number of ether oxygens (including phenoxy) is 5. The number of aliphatic hydroxyl groups is 2. The second-order valence-corrected chi connectivity index (χ2v) is 12.9. The molecule has 0 saturated carbocycles. The molecule has 53 heavy (non-hydrogen) atoms. The van der Waals surface area contributed by atoms with Gasteiger partial charge in [-0.1, -0.05) is 49.2 Å². The summed E-state index contributed by atoms with van der Waals surface area (Å²) in [5.41, 5.74) is -1.51. The highest BCUT2D eigenvalue weighted by molar-refractivity contribution is 5.77. The van der Waals surface area contributed by atoms with E-state index in [1.807, 2.05) is 30.3 Å². The van der Waals surface area contributed by atoms with Crippen molar-refractivity contribution in [1.29, 1.82) is 0 Å². The van der Waals surface area contributed by atoms with Gasteiger partial charge in [0.1, 0.15) is 42.0 Å². The summed E-state index contributed by atoms with van der Waals surface area (Å²) >= 11 is 0. The Morgan fingerprint density at radius 2 is 1.60 bits per heavy atom. The molecule has 0 radical (unpaired) electrons. The fraction of sp³-hybridized carbons (Fsp3) is 0.611. The molecule has 0 spiro atoms. The average molecular weight is 755 g/mol. The molecule has 3 heterocycles. The van der Waals surface area contributed by atoms with Crippen molar-refractivity contribution >= 4 is 23.6 Å². The second-order valence-electron chi connectivity index (χ2n) is 12.9. The second kappa shape index (κ2) is 21.1. The molecule has 5 atom stereocenters. The van der Waals surface area contributed by atoms with Gasteiger partial charge in [0.15, 0.2) is 6.29 Å². The summed E-state index contributed by atoms with van der Waals surface area (Å²) in [6.45, 7) is 1.76. The van der Waals surface area contributed by atoms with E-state index in [-0.39, 0.29) is 75.9 Å². The van der Waals surface area contributed by atoms with Crippen LogP contribution in [0.15, 0.2) is 48.5 Å². The van der Waals surface area contributed by atoms with Crippen molar-refractivity contribution in [1.82, 2.24) is 15.6 Å². The van der Waals surface area contributed by atoms with Crippen LogP contribution < -0.4 is 16.0 Å². The lowest BCUT2D eigenvalue weighted by Gasteiger charge is -2.42. The number of alkyl halides is 3. The van der Waals surface area contributed by atoms with Gasteiger partial charge >= 0.3 is 12.1 Å². The molecule has 0 aliphatic carbocycles. The SMILES string of the molecule is O=C(CCCC(=O)OCc1ccccc1)NCCOCCC(=O)NCCCCCCOC[C@@]12CO[C@@H](O1)[C@H](Nc1cccc(C(F)(F)F)n1)[C@@H](O)[C@H]2O. The molecular formula is C36H49F3N4O10. The van der Waals surface area contributed by atoms with Crippen molar-refractivity contribution in [2.45, 2.75) is 94.3 Å². The molecule has 1 aromatic heterocycles. The maximum Gasteiger partial charge on any atom is 0.433 e. The number of hydrogen-bond acceptors (Lipinski definition) is 12. The van der Waals surface area contributed by atoms with Crippen molar-refractivity contribution < 1.29 is 61.5 Å². The third-order valence-electron chi connectivity index (χ3n) is 8.67. The van der Waals surface area contributed by atoms with E-state index >= 15 is 0 Å². The monoisotopic (exact) mass is 754 g/mol. The number of unbranched alkanes of at least 4 members (excludes halogenated alkanes) is 3. The quantitative estimate of drug-likeness (QED) is 0.0827. The number of anilines is 1. The number of carbonyl (C=O) groups excluding carboxylic acids is 3. The number of aliphatic hydroxyl groups excluding tert-OH is 2. The molecule has 1 aromatic carbocycles. The van der Waals surface area contributed by atoms with Gasteiger partial charge < -0.3 is 49.8 Å². The number of rotatable bonds is 23. The molecule has 2 amide bonds. The van der Waals surface area contributed by atoms with Gasteiger partial charge in [0.05, 0.1) is 26.4 Å². The molecule has 5 N–H and O–H groups in total. The lowest BCUT2D eigenvalue weighted by atomic mass is 9.88. The predicted molar refractivity (Wildman–Crippen MR) is 183 cm³/mol. The van der Waals surface area contributed by atoms with Gasteiger partial charge in [0.2, 0.25) is 11.8 Å². The third-order valence-corrected chi connectivity index (χ3v) is 8.67. The van der Waals surface area contributed by atoms with E-state index in [1.54, 1.807) is 0 Å². The molecule has 14 nitrogen and oxygen atoms in total. The minimum Gasteiger partial charge on any atom is -0.461 e. The summed E-state index contributed by atoms with van der Waals surface area (Å²) in [7, 11) is 0. The number of amides is 2. The number of nitrogens with one attached hydrogen (secondary N) is 3. The number of esters is 1. The van der Waals surface area contributed by atoms with Crippen LogP contribution in [-0.4, -0.2) is 109 Å². The summed E-state index contributed by atoms with van der Waals surface area (Å²) in [4.78, 5) is 39.4. The van der Waals surface area contributed by atoms with Crippen LogP contribution in [0.25, 0.3) is 0 Å². The van der Waals surface area contributed by atoms with E-state index in [1.165, 1.54) is 12.1 Å². The first-order valence-corrected chi connectivity index (χ1v) is 17.8. The Kier molecular flexibility index (Phi) is 16.7. The molecular weight excluding hydrogens is 705 g/mol. The summed E-state index contributed by atoms with van der Waals surface area (Å²) in [5, 5.41) is 29.9. The first kappa shape index (κ1) is 41.9. The zero-order valence-corrected chi connectivity index (χ0v) is 29.5.